The van der Waals surface area contributed by atoms with Crippen LogP contribution in [0.2, 0.25) is 0 Å². The first-order chi connectivity index (χ1) is 1.73. The second kappa shape index (κ2) is 2.81. The summed E-state index contributed by atoms with van der Waals surface area (Å²) in [6.45, 7) is 0. The molecule has 0 rings (SSSR count). The van der Waals surface area contributed by atoms with Crippen LogP contribution in [0.25, 0.3) is 0 Å². The Labute approximate surface area is 54.3 Å². The van der Waals surface area contributed by atoms with Crippen molar-refractivity contribution in [2.75, 3.05) is 0 Å². The Morgan fingerprint density at radius 3 is 1.50 bits per heavy atom. The zero-order chi connectivity index (χ0) is 3.58. The highest BCUT2D eigenvalue weighted by Crippen LogP contribution is 1.94. The number of halogens is 2. The van der Waals surface area contributed by atoms with Crippen molar-refractivity contribution in [3.05, 3.63) is 0 Å². The van der Waals surface area contributed by atoms with Crippen LogP contribution in [0.3, 0.4) is 0 Å². The van der Waals surface area contributed by atoms with E-state index in [2.05, 4.69) is 44.7 Å². The van der Waals surface area contributed by atoms with Gasteiger partial charge in [0.25, 0.3) is 0 Å². The van der Waals surface area contributed by atoms with Gasteiger partial charge < -0.3 is 0 Å². The van der Waals surface area contributed by atoms with E-state index >= 15 is 0 Å². The Kier molecular flexibility index (Phi) is 3.92. The van der Waals surface area contributed by atoms with E-state index < -0.39 is 0 Å². The summed E-state index contributed by atoms with van der Waals surface area (Å²) >= 11 is 4.22. The van der Waals surface area contributed by atoms with Crippen LogP contribution in [-0.4, -0.2) is 10.1 Å². The van der Waals surface area contributed by atoms with Gasteiger partial charge in [0, 0.05) is 0 Å². The van der Waals surface area contributed by atoms with Crippen LogP contribution in [0.15, 0.2) is 0 Å². The molecule has 0 N–H and O–H groups in total. The molecule has 4 heavy (non-hydrogen) atoms. The summed E-state index contributed by atoms with van der Waals surface area (Å²) < 4.78 is 0.273. The van der Waals surface area contributed by atoms with Gasteiger partial charge in [-0.1, -0.05) is 0 Å². The lowest BCUT2D eigenvalue weighted by atomic mass is 9.80. The maximum absolute atomic E-state index is 5.08. The van der Waals surface area contributed by atoms with E-state index in [9.17, 15) is 0 Å². The molecule has 0 spiro atoms. The van der Waals surface area contributed by atoms with Crippen LogP contribution in [0, 0.1) is 0 Å². The third-order valence-corrected chi connectivity index (χ3v) is 0. The summed E-state index contributed by atoms with van der Waals surface area (Å²) in [6, 6.07) is 0. The summed E-state index contributed by atoms with van der Waals surface area (Å²) in [5.41, 5.74) is 0. The van der Waals surface area contributed by atoms with Crippen molar-refractivity contribution in [3.63, 3.8) is 0 Å². The van der Waals surface area contributed by atoms with Gasteiger partial charge in [-0.2, -0.15) is 0 Å². The summed E-state index contributed by atoms with van der Waals surface area (Å²) in [4.78, 5) is 0. The first-order valence-electron chi connectivity index (χ1n) is 0.770. The Bertz CT molecular complexity index is 8.75. The molecule has 2 radical (unpaired) electrons. The predicted octanol–water partition coefficient (Wildman–Crippen LogP) is 1.01. The molecule has 0 fully saturated rings. The minimum absolute atomic E-state index is 0.273. The topological polar surface area (TPSA) is 0 Å². The molecule has 0 aromatic heterocycles. The Morgan fingerprint density at radius 1 is 1.50 bits per heavy atom. The van der Waals surface area contributed by atoms with Gasteiger partial charge >= 0.3 is 0 Å². The van der Waals surface area contributed by atoms with E-state index in [0.717, 1.165) is 0 Å². The maximum atomic E-state index is 5.08. The molecule has 0 aliphatic rings. The Hall–Kier alpha value is 1.59. The highest BCUT2D eigenvalue weighted by Gasteiger charge is 1.82. The SMILES string of the molecule is [B]B(I)I. The van der Waals surface area contributed by atoms with E-state index in [1.165, 1.54) is 0 Å². The summed E-state index contributed by atoms with van der Waals surface area (Å²) in [5.74, 6) is 0. The number of rotatable bonds is 0. The fourth-order valence-corrected chi connectivity index (χ4v) is 0. The van der Waals surface area contributed by atoms with E-state index in [-0.39, 0.29) is 2.32 Å². The minimum Gasteiger partial charge on any atom is -0.146 e. The molecule has 0 aromatic rings. The van der Waals surface area contributed by atoms with Crippen LogP contribution in [0.1, 0.15) is 0 Å². The molecule has 0 aliphatic carbocycles. The van der Waals surface area contributed by atoms with Crippen molar-refractivity contribution in [1.82, 2.24) is 0 Å². The van der Waals surface area contributed by atoms with Gasteiger partial charge in [-0.05, 0) is 0 Å². The van der Waals surface area contributed by atoms with Crippen LogP contribution in [-0.2, 0) is 0 Å². The van der Waals surface area contributed by atoms with E-state index in [0.29, 0.717) is 0 Å². The second-order valence-corrected chi connectivity index (χ2v) is 5.40. The van der Waals surface area contributed by atoms with E-state index in [1.54, 1.807) is 0 Å². The molecule has 0 bridgehead atoms. The first kappa shape index (κ1) is 5.59. The molecule has 0 aromatic carbocycles. The van der Waals surface area contributed by atoms with Gasteiger partial charge in [-0.15, -0.1) is 44.7 Å². The molecule has 0 aliphatic heterocycles. The first-order valence-corrected chi connectivity index (χ1v) is 3.26. The molecule has 0 nitrogen and oxygen atoms in total. The average Bonchev–Trinajstić information content (AvgIpc) is 0.811. The van der Waals surface area contributed by atoms with Crippen molar-refractivity contribution in [2.24, 2.45) is 0 Å². The van der Waals surface area contributed by atoms with Crippen LogP contribution >= 0.6 is 44.7 Å². The molecular formula is B2I2. The molecule has 0 unspecified atom stereocenters. The van der Waals surface area contributed by atoms with Crippen LogP contribution in [0.4, 0.5) is 0 Å². The zero-order valence-electron chi connectivity index (χ0n) is 1.91. The van der Waals surface area contributed by atoms with Crippen LogP contribution in [0.5, 0.6) is 0 Å². The molecule has 20 valence electrons. The average molecular weight is 275 g/mol. The van der Waals surface area contributed by atoms with Gasteiger partial charge in [0.05, 0.1) is 7.74 Å². The quantitative estimate of drug-likeness (QED) is 0.457. The molecule has 4 heteroatoms. The van der Waals surface area contributed by atoms with Gasteiger partial charge in [0.2, 0.25) is 2.32 Å². The van der Waals surface area contributed by atoms with E-state index in [1.807, 2.05) is 0 Å². The van der Waals surface area contributed by atoms with Gasteiger partial charge in [-0.25, -0.2) is 0 Å². The maximum Gasteiger partial charge on any atom is 0.238 e. The lowest BCUT2D eigenvalue weighted by Gasteiger charge is -1.66. The largest absolute Gasteiger partial charge is 0.238 e. The van der Waals surface area contributed by atoms with Crippen molar-refractivity contribution in [1.29, 1.82) is 0 Å². The monoisotopic (exact) mass is 276 g/mol. The highest BCUT2D eigenvalue weighted by atomic mass is 127. The minimum atomic E-state index is 0.273. The standard InChI is InChI=1S/B2I2/c1-2(3)4. The third kappa shape index (κ3) is 9.53. The summed E-state index contributed by atoms with van der Waals surface area (Å²) in [6.07, 6.45) is 0. The number of hydrogen-bond donors (Lipinski definition) is 0. The molecule has 0 saturated heterocycles. The Balaban J connectivity index is 2.32. The lowest BCUT2D eigenvalue weighted by molar-refractivity contribution is 4.64. The molecular weight excluding hydrogens is 275 g/mol. The fourth-order valence-electron chi connectivity index (χ4n) is 0. The van der Waals surface area contributed by atoms with Crippen molar-refractivity contribution in [3.8, 4) is 0 Å². The fraction of sp³-hybridized carbons (Fsp3) is 0. The highest BCUT2D eigenvalue weighted by molar-refractivity contribution is 14.3. The van der Waals surface area contributed by atoms with Crippen molar-refractivity contribution in [2.45, 2.75) is 0 Å². The molecule has 0 saturated carbocycles. The smallest absolute Gasteiger partial charge is 0.146 e. The van der Waals surface area contributed by atoms with E-state index in [4.69, 9.17) is 7.74 Å². The summed E-state index contributed by atoms with van der Waals surface area (Å²) in [7, 11) is 5.08. The van der Waals surface area contributed by atoms with Crippen molar-refractivity contribution < 1.29 is 0 Å². The molecule has 0 amide bonds. The summed E-state index contributed by atoms with van der Waals surface area (Å²) in [5, 5.41) is 0. The van der Waals surface area contributed by atoms with Gasteiger partial charge in [0.1, 0.15) is 0 Å². The third-order valence-electron chi connectivity index (χ3n) is 0. The van der Waals surface area contributed by atoms with Crippen LogP contribution < -0.4 is 0 Å². The molecule has 0 heterocycles. The number of hydrogen-bond acceptors (Lipinski definition) is 0. The Morgan fingerprint density at radius 2 is 1.50 bits per heavy atom. The normalized spacial score (nSPS) is 6.50. The lowest BCUT2D eigenvalue weighted by Crippen LogP contribution is -1.82. The van der Waals surface area contributed by atoms with Gasteiger partial charge in [0.15, 0.2) is 0 Å². The predicted molar refractivity (Wildman–Crippen MR) is 39.5 cm³/mol. The second-order valence-electron chi connectivity index (χ2n) is 0.334. The molecule has 0 atom stereocenters. The zero-order valence-corrected chi connectivity index (χ0v) is 6.23. The van der Waals surface area contributed by atoms with Crippen molar-refractivity contribution >= 4 is 54.8 Å². The van der Waals surface area contributed by atoms with Gasteiger partial charge in [-0.3, -0.25) is 0 Å².